The number of nitrogens with zero attached hydrogens (tertiary/aromatic N) is 4. The first-order valence-corrected chi connectivity index (χ1v) is 6.41. The summed E-state index contributed by atoms with van der Waals surface area (Å²) in [6.07, 6.45) is 2.57. The summed E-state index contributed by atoms with van der Waals surface area (Å²) in [5.41, 5.74) is 2.40. The molecule has 2 heterocycles. The number of aromatic nitrogens is 2. The molecule has 2 aromatic heterocycles. The fourth-order valence-electron chi connectivity index (χ4n) is 2.33. The number of hydrogen-bond donors (Lipinski definition) is 0. The Morgan fingerprint density at radius 1 is 1.24 bits per heavy atom. The van der Waals surface area contributed by atoms with Crippen LogP contribution < -0.4 is 4.90 Å². The Hall–Kier alpha value is -3.13. The number of carbonyl (C=O) groups is 1. The third kappa shape index (κ3) is 2.03. The van der Waals surface area contributed by atoms with Crippen LogP contribution in [0.3, 0.4) is 0 Å². The van der Waals surface area contributed by atoms with Crippen molar-refractivity contribution in [1.29, 1.82) is 5.26 Å². The van der Waals surface area contributed by atoms with E-state index >= 15 is 0 Å². The van der Waals surface area contributed by atoms with Gasteiger partial charge in [0.25, 0.3) is 0 Å². The molecule has 0 aliphatic heterocycles. The lowest BCUT2D eigenvalue weighted by molar-refractivity contribution is 0.111. The van der Waals surface area contributed by atoms with Crippen molar-refractivity contribution in [2.75, 3.05) is 11.9 Å². The molecule has 0 bridgehead atoms. The maximum absolute atomic E-state index is 11.4. The Bertz CT molecular complexity index is 860. The van der Waals surface area contributed by atoms with Gasteiger partial charge < -0.3 is 4.90 Å². The Morgan fingerprint density at radius 3 is 2.76 bits per heavy atom. The standard InChI is InChI=1S/C16H12N4O/c1-19(13-7-3-2-6-12(13)10-17)16-14(11-21)20-9-5-4-8-15(20)18-16/h2-9,11H,1H3. The van der Waals surface area contributed by atoms with Crippen LogP contribution in [0.4, 0.5) is 11.5 Å². The molecule has 5 heteroatoms. The van der Waals surface area contributed by atoms with Crippen molar-refractivity contribution in [1.82, 2.24) is 9.38 Å². The van der Waals surface area contributed by atoms with Crippen LogP contribution in [0.15, 0.2) is 48.7 Å². The quantitative estimate of drug-likeness (QED) is 0.690. The second-order valence-corrected chi connectivity index (χ2v) is 4.56. The minimum absolute atomic E-state index is 0.459. The largest absolute Gasteiger partial charge is 0.326 e. The number of fused-ring (bicyclic) bond motifs is 1. The molecule has 0 saturated heterocycles. The van der Waals surface area contributed by atoms with E-state index in [4.69, 9.17) is 0 Å². The van der Waals surface area contributed by atoms with Crippen molar-refractivity contribution in [3.05, 3.63) is 59.9 Å². The van der Waals surface area contributed by atoms with Crippen molar-refractivity contribution in [2.45, 2.75) is 0 Å². The molecule has 1 aromatic carbocycles. The van der Waals surface area contributed by atoms with Gasteiger partial charge in [0.2, 0.25) is 0 Å². The Morgan fingerprint density at radius 2 is 2.00 bits per heavy atom. The van der Waals surface area contributed by atoms with E-state index in [0.717, 1.165) is 6.29 Å². The van der Waals surface area contributed by atoms with Crippen LogP contribution in [0.5, 0.6) is 0 Å². The van der Waals surface area contributed by atoms with Gasteiger partial charge in [0.15, 0.2) is 12.1 Å². The van der Waals surface area contributed by atoms with E-state index in [1.165, 1.54) is 0 Å². The van der Waals surface area contributed by atoms with Crippen LogP contribution in [-0.2, 0) is 0 Å². The monoisotopic (exact) mass is 276 g/mol. The highest BCUT2D eigenvalue weighted by Gasteiger charge is 2.17. The molecule has 102 valence electrons. The molecule has 21 heavy (non-hydrogen) atoms. The maximum Gasteiger partial charge on any atom is 0.170 e. The first kappa shape index (κ1) is 12.9. The third-order valence-corrected chi connectivity index (χ3v) is 3.36. The van der Waals surface area contributed by atoms with Gasteiger partial charge in [-0.1, -0.05) is 18.2 Å². The van der Waals surface area contributed by atoms with Crippen LogP contribution in [0.2, 0.25) is 0 Å². The normalized spacial score (nSPS) is 10.3. The molecule has 0 radical (unpaired) electrons. The summed E-state index contributed by atoms with van der Waals surface area (Å²) >= 11 is 0. The number of anilines is 2. The van der Waals surface area contributed by atoms with Gasteiger partial charge in [-0.25, -0.2) is 4.98 Å². The number of hydrogen-bond acceptors (Lipinski definition) is 4. The van der Waals surface area contributed by atoms with Gasteiger partial charge in [-0.3, -0.25) is 9.20 Å². The first-order chi connectivity index (χ1) is 10.3. The minimum Gasteiger partial charge on any atom is -0.326 e. The van der Waals surface area contributed by atoms with Gasteiger partial charge >= 0.3 is 0 Å². The summed E-state index contributed by atoms with van der Waals surface area (Å²) in [5, 5.41) is 9.21. The molecule has 0 fully saturated rings. The van der Waals surface area contributed by atoms with E-state index in [0.29, 0.717) is 28.4 Å². The molecule has 0 atom stereocenters. The number of benzene rings is 1. The Kier molecular flexibility index (Phi) is 3.13. The second-order valence-electron chi connectivity index (χ2n) is 4.56. The minimum atomic E-state index is 0.459. The zero-order valence-electron chi connectivity index (χ0n) is 11.4. The molecule has 3 aromatic rings. The maximum atomic E-state index is 11.4. The van der Waals surface area contributed by atoms with Crippen molar-refractivity contribution in [3.8, 4) is 6.07 Å². The lowest BCUT2D eigenvalue weighted by atomic mass is 10.2. The van der Waals surface area contributed by atoms with E-state index < -0.39 is 0 Å². The van der Waals surface area contributed by atoms with E-state index in [-0.39, 0.29) is 0 Å². The Labute approximate surface area is 121 Å². The van der Waals surface area contributed by atoms with Crippen molar-refractivity contribution >= 4 is 23.4 Å². The molecule has 3 rings (SSSR count). The van der Waals surface area contributed by atoms with Gasteiger partial charge in [0.05, 0.1) is 11.3 Å². The summed E-state index contributed by atoms with van der Waals surface area (Å²) in [7, 11) is 1.80. The second kappa shape index (κ2) is 5.10. The predicted octanol–water partition coefficient (Wildman–Crippen LogP) is 2.79. The average Bonchev–Trinajstić information content (AvgIpc) is 2.92. The fourth-order valence-corrected chi connectivity index (χ4v) is 2.33. The van der Waals surface area contributed by atoms with Gasteiger partial charge in [-0.15, -0.1) is 0 Å². The average molecular weight is 276 g/mol. The topological polar surface area (TPSA) is 61.4 Å². The smallest absolute Gasteiger partial charge is 0.170 e. The van der Waals surface area contributed by atoms with Gasteiger partial charge in [-0.05, 0) is 24.3 Å². The predicted molar refractivity (Wildman–Crippen MR) is 79.8 cm³/mol. The van der Waals surface area contributed by atoms with E-state index in [9.17, 15) is 10.1 Å². The first-order valence-electron chi connectivity index (χ1n) is 6.41. The zero-order chi connectivity index (χ0) is 14.8. The zero-order valence-corrected chi connectivity index (χ0v) is 11.4. The molecule has 0 aliphatic carbocycles. The van der Waals surface area contributed by atoms with Crippen LogP contribution in [0.1, 0.15) is 16.1 Å². The van der Waals surface area contributed by atoms with Crippen molar-refractivity contribution in [3.63, 3.8) is 0 Å². The van der Waals surface area contributed by atoms with Gasteiger partial charge in [0.1, 0.15) is 17.4 Å². The van der Waals surface area contributed by atoms with Crippen LogP contribution in [0.25, 0.3) is 5.65 Å². The highest BCUT2D eigenvalue weighted by Crippen LogP contribution is 2.28. The van der Waals surface area contributed by atoms with Crippen LogP contribution >= 0.6 is 0 Å². The van der Waals surface area contributed by atoms with Crippen molar-refractivity contribution < 1.29 is 4.79 Å². The summed E-state index contributed by atoms with van der Waals surface area (Å²) < 4.78 is 1.73. The molecule has 0 amide bonds. The van der Waals surface area contributed by atoms with E-state index in [2.05, 4.69) is 11.1 Å². The molecule has 5 nitrogen and oxygen atoms in total. The number of imidazole rings is 1. The number of nitriles is 1. The highest BCUT2D eigenvalue weighted by molar-refractivity contribution is 5.86. The summed E-state index contributed by atoms with van der Waals surface area (Å²) in [6, 6.07) is 14.9. The highest BCUT2D eigenvalue weighted by atomic mass is 16.1. The molecule has 0 saturated carbocycles. The number of pyridine rings is 1. The molecule has 0 N–H and O–H groups in total. The number of para-hydroxylation sites is 1. The molecule has 0 unspecified atom stereocenters. The third-order valence-electron chi connectivity index (χ3n) is 3.36. The van der Waals surface area contributed by atoms with Crippen LogP contribution in [0, 0.1) is 11.3 Å². The van der Waals surface area contributed by atoms with Crippen molar-refractivity contribution in [2.24, 2.45) is 0 Å². The summed E-state index contributed by atoms with van der Waals surface area (Å²) in [5.74, 6) is 0.527. The van der Waals surface area contributed by atoms with Gasteiger partial charge in [0, 0.05) is 13.2 Å². The number of aldehydes is 1. The fraction of sp³-hybridized carbons (Fsp3) is 0.0625. The summed E-state index contributed by atoms with van der Waals surface area (Å²) in [6.45, 7) is 0. The molecule has 0 spiro atoms. The lowest BCUT2D eigenvalue weighted by Gasteiger charge is -2.18. The molecule has 0 aliphatic rings. The number of carbonyl (C=O) groups excluding carboxylic acids is 1. The Balaban J connectivity index is 2.20. The van der Waals surface area contributed by atoms with Gasteiger partial charge in [-0.2, -0.15) is 5.26 Å². The lowest BCUT2D eigenvalue weighted by Crippen LogP contribution is -2.13. The number of rotatable bonds is 3. The molecular weight excluding hydrogens is 264 g/mol. The summed E-state index contributed by atoms with van der Waals surface area (Å²) in [4.78, 5) is 17.7. The van der Waals surface area contributed by atoms with Crippen LogP contribution in [-0.4, -0.2) is 22.7 Å². The van der Waals surface area contributed by atoms with E-state index in [1.54, 1.807) is 34.7 Å². The SMILES string of the molecule is CN(c1ccccc1C#N)c1nc2ccccn2c1C=O. The molecular formula is C16H12N4O. The van der Waals surface area contributed by atoms with E-state index in [1.807, 2.05) is 30.3 Å².